The van der Waals surface area contributed by atoms with Crippen molar-refractivity contribution < 1.29 is 14.3 Å². The van der Waals surface area contributed by atoms with Crippen LogP contribution < -0.4 is 20.1 Å². The first-order valence-electron chi connectivity index (χ1n) is 7.06. The first-order chi connectivity index (χ1) is 10.7. The van der Waals surface area contributed by atoms with Gasteiger partial charge in [-0.1, -0.05) is 17.7 Å². The molecule has 5 heteroatoms. The van der Waals surface area contributed by atoms with E-state index in [4.69, 9.17) is 9.47 Å². The summed E-state index contributed by atoms with van der Waals surface area (Å²) >= 11 is 0. The molecule has 2 aromatic carbocycles. The Morgan fingerprint density at radius 2 is 1.64 bits per heavy atom. The van der Waals surface area contributed by atoms with Gasteiger partial charge in [0, 0.05) is 5.69 Å². The molecular formula is C17H20N2O3. The van der Waals surface area contributed by atoms with Crippen molar-refractivity contribution in [1.29, 1.82) is 0 Å². The first-order valence-corrected chi connectivity index (χ1v) is 7.06. The number of aryl methyl sites for hydroxylation is 1. The van der Waals surface area contributed by atoms with Crippen LogP contribution in [-0.2, 0) is 0 Å². The van der Waals surface area contributed by atoms with Gasteiger partial charge in [-0.3, -0.25) is 0 Å². The fourth-order valence-corrected chi connectivity index (χ4v) is 1.82. The van der Waals surface area contributed by atoms with Crippen molar-refractivity contribution in [1.82, 2.24) is 5.32 Å². The average molecular weight is 300 g/mol. The number of methoxy groups -OCH3 is 1. The van der Waals surface area contributed by atoms with E-state index in [0.717, 1.165) is 22.7 Å². The van der Waals surface area contributed by atoms with Crippen LogP contribution in [0.2, 0.25) is 0 Å². The topological polar surface area (TPSA) is 59.6 Å². The monoisotopic (exact) mass is 300 g/mol. The summed E-state index contributed by atoms with van der Waals surface area (Å²) < 4.78 is 10.6. The molecule has 0 bridgehead atoms. The van der Waals surface area contributed by atoms with Crippen molar-refractivity contribution in [2.45, 2.75) is 6.92 Å². The highest BCUT2D eigenvalue weighted by Gasteiger charge is 2.01. The van der Waals surface area contributed by atoms with Crippen molar-refractivity contribution in [3.63, 3.8) is 0 Å². The third-order valence-corrected chi connectivity index (χ3v) is 3.03. The Morgan fingerprint density at radius 3 is 2.27 bits per heavy atom. The molecule has 0 atom stereocenters. The van der Waals surface area contributed by atoms with E-state index in [2.05, 4.69) is 10.6 Å². The predicted molar refractivity (Wildman–Crippen MR) is 86.7 cm³/mol. The third kappa shape index (κ3) is 5.01. The number of hydrogen-bond acceptors (Lipinski definition) is 3. The zero-order valence-electron chi connectivity index (χ0n) is 12.8. The van der Waals surface area contributed by atoms with Crippen molar-refractivity contribution in [2.24, 2.45) is 0 Å². The number of nitrogens with one attached hydrogen (secondary N) is 2. The SMILES string of the molecule is COc1ccc(OCCNC(=O)Nc2ccc(C)cc2)cc1. The van der Waals surface area contributed by atoms with Crippen molar-refractivity contribution in [3.05, 3.63) is 54.1 Å². The first kappa shape index (κ1) is 15.7. The highest BCUT2D eigenvalue weighted by Crippen LogP contribution is 2.16. The molecule has 116 valence electrons. The molecule has 5 nitrogen and oxygen atoms in total. The lowest BCUT2D eigenvalue weighted by atomic mass is 10.2. The maximum absolute atomic E-state index is 11.7. The summed E-state index contributed by atoms with van der Waals surface area (Å²) in [6.07, 6.45) is 0. The Balaban J connectivity index is 1.67. The summed E-state index contributed by atoms with van der Waals surface area (Å²) in [5, 5.41) is 5.50. The zero-order valence-corrected chi connectivity index (χ0v) is 12.8. The highest BCUT2D eigenvalue weighted by molar-refractivity contribution is 5.89. The van der Waals surface area contributed by atoms with Gasteiger partial charge in [0.05, 0.1) is 13.7 Å². The van der Waals surface area contributed by atoms with E-state index < -0.39 is 0 Å². The lowest BCUT2D eigenvalue weighted by Crippen LogP contribution is -2.32. The van der Waals surface area contributed by atoms with E-state index in [9.17, 15) is 4.79 Å². The molecule has 0 radical (unpaired) electrons. The van der Waals surface area contributed by atoms with Crippen LogP contribution in [0.4, 0.5) is 10.5 Å². The van der Waals surface area contributed by atoms with Crippen LogP contribution in [0.25, 0.3) is 0 Å². The smallest absolute Gasteiger partial charge is 0.319 e. The van der Waals surface area contributed by atoms with Crippen molar-refractivity contribution in [3.8, 4) is 11.5 Å². The molecule has 2 amide bonds. The van der Waals surface area contributed by atoms with Gasteiger partial charge in [0.2, 0.25) is 0 Å². The second-order valence-electron chi connectivity index (χ2n) is 4.77. The minimum Gasteiger partial charge on any atom is -0.497 e. The molecule has 2 N–H and O–H groups in total. The number of ether oxygens (including phenoxy) is 2. The van der Waals surface area contributed by atoms with Gasteiger partial charge < -0.3 is 20.1 Å². The van der Waals surface area contributed by atoms with Crippen LogP contribution in [0.1, 0.15) is 5.56 Å². The number of rotatable bonds is 6. The summed E-state index contributed by atoms with van der Waals surface area (Å²) in [5.74, 6) is 1.52. The Labute approximate surface area is 130 Å². The maximum Gasteiger partial charge on any atom is 0.319 e. The fourth-order valence-electron chi connectivity index (χ4n) is 1.82. The Hall–Kier alpha value is -2.69. The van der Waals surface area contributed by atoms with Crippen LogP contribution in [0.15, 0.2) is 48.5 Å². The summed E-state index contributed by atoms with van der Waals surface area (Å²) in [7, 11) is 1.62. The Kier molecular flexibility index (Phi) is 5.65. The number of amides is 2. The average Bonchev–Trinajstić information content (AvgIpc) is 2.54. The van der Waals surface area contributed by atoms with Crippen LogP contribution in [0.3, 0.4) is 0 Å². The van der Waals surface area contributed by atoms with E-state index >= 15 is 0 Å². The molecule has 2 aromatic rings. The molecule has 0 heterocycles. The molecule has 0 aliphatic carbocycles. The molecule has 2 rings (SSSR count). The normalized spacial score (nSPS) is 9.91. The largest absolute Gasteiger partial charge is 0.497 e. The maximum atomic E-state index is 11.7. The standard InChI is InChI=1S/C17H20N2O3/c1-13-3-5-14(6-4-13)19-17(20)18-11-12-22-16-9-7-15(21-2)8-10-16/h3-10H,11-12H2,1-2H3,(H2,18,19,20). The minimum absolute atomic E-state index is 0.248. The van der Waals surface area contributed by atoms with Gasteiger partial charge >= 0.3 is 6.03 Å². The van der Waals surface area contributed by atoms with Gasteiger partial charge in [-0.25, -0.2) is 4.79 Å². The van der Waals surface area contributed by atoms with Crippen LogP contribution >= 0.6 is 0 Å². The third-order valence-electron chi connectivity index (χ3n) is 3.03. The highest BCUT2D eigenvalue weighted by atomic mass is 16.5. The zero-order chi connectivity index (χ0) is 15.8. The fraction of sp³-hybridized carbons (Fsp3) is 0.235. The number of urea groups is 1. The van der Waals surface area contributed by atoms with Gasteiger partial charge in [-0.15, -0.1) is 0 Å². The number of hydrogen-bond donors (Lipinski definition) is 2. The summed E-state index contributed by atoms with van der Waals surface area (Å²) in [6, 6.07) is 14.7. The summed E-state index contributed by atoms with van der Waals surface area (Å²) in [6.45, 7) is 2.82. The quantitative estimate of drug-likeness (QED) is 0.805. The van der Waals surface area contributed by atoms with Crippen LogP contribution in [0, 0.1) is 6.92 Å². The second kappa shape index (κ2) is 7.93. The molecule has 0 fully saturated rings. The van der Waals surface area contributed by atoms with E-state index in [1.807, 2.05) is 55.5 Å². The van der Waals surface area contributed by atoms with Crippen molar-refractivity contribution >= 4 is 11.7 Å². The lowest BCUT2D eigenvalue weighted by Gasteiger charge is -2.09. The Bertz CT molecular complexity index is 594. The van der Waals surface area contributed by atoms with Gasteiger partial charge in [-0.05, 0) is 43.3 Å². The number of anilines is 1. The summed E-state index contributed by atoms with van der Waals surface area (Å²) in [5.41, 5.74) is 1.91. The van der Waals surface area contributed by atoms with Gasteiger partial charge in [0.25, 0.3) is 0 Å². The molecule has 22 heavy (non-hydrogen) atoms. The van der Waals surface area contributed by atoms with Gasteiger partial charge in [0.15, 0.2) is 0 Å². The van der Waals surface area contributed by atoms with E-state index in [1.165, 1.54) is 0 Å². The molecule has 0 aliphatic heterocycles. The number of carbonyl (C=O) groups is 1. The second-order valence-corrected chi connectivity index (χ2v) is 4.77. The van der Waals surface area contributed by atoms with E-state index in [-0.39, 0.29) is 6.03 Å². The lowest BCUT2D eigenvalue weighted by molar-refractivity contribution is 0.247. The number of benzene rings is 2. The predicted octanol–water partition coefficient (Wildman–Crippen LogP) is 3.20. The summed E-state index contributed by atoms with van der Waals surface area (Å²) in [4.78, 5) is 11.7. The molecule has 0 aliphatic rings. The van der Waals surface area contributed by atoms with E-state index in [1.54, 1.807) is 7.11 Å². The van der Waals surface area contributed by atoms with E-state index in [0.29, 0.717) is 13.2 Å². The Morgan fingerprint density at radius 1 is 1.00 bits per heavy atom. The molecule has 0 unspecified atom stereocenters. The minimum atomic E-state index is -0.248. The van der Waals surface area contributed by atoms with Crippen molar-refractivity contribution in [2.75, 3.05) is 25.6 Å². The van der Waals surface area contributed by atoms with Crippen LogP contribution in [0.5, 0.6) is 11.5 Å². The van der Waals surface area contributed by atoms with Gasteiger partial charge in [0.1, 0.15) is 18.1 Å². The van der Waals surface area contributed by atoms with Crippen LogP contribution in [-0.4, -0.2) is 26.3 Å². The van der Waals surface area contributed by atoms with Gasteiger partial charge in [-0.2, -0.15) is 0 Å². The molecule has 0 spiro atoms. The molecule has 0 saturated heterocycles. The molecular weight excluding hydrogens is 280 g/mol. The number of carbonyl (C=O) groups excluding carboxylic acids is 1. The molecule has 0 aromatic heterocycles. The molecule has 0 saturated carbocycles.